The van der Waals surface area contributed by atoms with Crippen molar-refractivity contribution in [2.45, 2.75) is 39.5 Å². The van der Waals surface area contributed by atoms with E-state index < -0.39 is 0 Å². The summed E-state index contributed by atoms with van der Waals surface area (Å²) in [7, 11) is 1.68. The van der Waals surface area contributed by atoms with Crippen LogP contribution in [0.15, 0.2) is 4.52 Å². The van der Waals surface area contributed by atoms with Crippen LogP contribution in [0.5, 0.6) is 0 Å². The van der Waals surface area contributed by atoms with E-state index in [-0.39, 0.29) is 17.7 Å². The van der Waals surface area contributed by atoms with E-state index in [1.165, 1.54) is 0 Å². The van der Waals surface area contributed by atoms with E-state index in [1.54, 1.807) is 7.11 Å². The third-order valence-corrected chi connectivity index (χ3v) is 4.89. The number of nitrogens with zero attached hydrogens (tertiary/aromatic N) is 4. The Bertz CT molecular complexity index is 719. The highest BCUT2D eigenvalue weighted by Gasteiger charge is 2.38. The van der Waals surface area contributed by atoms with Crippen molar-refractivity contribution in [3.8, 4) is 0 Å². The van der Waals surface area contributed by atoms with Gasteiger partial charge in [-0.1, -0.05) is 5.16 Å². The van der Waals surface area contributed by atoms with Gasteiger partial charge in [0.25, 0.3) is 0 Å². The van der Waals surface area contributed by atoms with E-state index >= 15 is 0 Å². The minimum atomic E-state index is 0.105. The molecule has 1 fully saturated rings. The molecule has 0 aromatic carbocycles. The summed E-state index contributed by atoms with van der Waals surface area (Å²) >= 11 is 0. The van der Waals surface area contributed by atoms with Gasteiger partial charge in [0.2, 0.25) is 5.91 Å². The van der Waals surface area contributed by atoms with Gasteiger partial charge in [-0.3, -0.25) is 9.89 Å². The quantitative estimate of drug-likeness (QED) is 0.851. The van der Waals surface area contributed by atoms with Gasteiger partial charge in [-0.05, 0) is 27.2 Å². The van der Waals surface area contributed by atoms with Crippen molar-refractivity contribution in [3.05, 3.63) is 28.7 Å². The average molecular weight is 347 g/mol. The first-order valence-corrected chi connectivity index (χ1v) is 8.57. The number of methoxy groups -OCH3 is 1. The number of hydrogen-bond donors (Lipinski definition) is 1. The van der Waals surface area contributed by atoms with Gasteiger partial charge in [0.05, 0.1) is 12.3 Å². The highest BCUT2D eigenvalue weighted by molar-refractivity contribution is 5.77. The summed E-state index contributed by atoms with van der Waals surface area (Å²) in [4.78, 5) is 19.0. The molecule has 1 aliphatic heterocycles. The van der Waals surface area contributed by atoms with Gasteiger partial charge in [-0.15, -0.1) is 0 Å². The first kappa shape index (κ1) is 17.6. The largest absolute Gasteiger partial charge is 0.384 e. The maximum absolute atomic E-state index is 12.7. The molecule has 8 heteroatoms. The standard InChI is InChI=1S/C17H25N5O3/c1-10-14(11(2)25-21-10)5-6-16(23)22-7-13(9-24-4)15(8-22)17-18-12(3)19-20-17/h13,15H,5-9H2,1-4H3,(H,18,19,20)/t13-,15+/m0/s1. The van der Waals surface area contributed by atoms with Crippen LogP contribution in [0.1, 0.15) is 41.0 Å². The average Bonchev–Trinajstić information content (AvgIpc) is 3.26. The maximum atomic E-state index is 12.7. The van der Waals surface area contributed by atoms with Crippen molar-refractivity contribution >= 4 is 5.91 Å². The Morgan fingerprint density at radius 3 is 2.76 bits per heavy atom. The zero-order valence-corrected chi connectivity index (χ0v) is 15.2. The predicted octanol–water partition coefficient (Wildman–Crippen LogP) is 1.54. The molecule has 8 nitrogen and oxygen atoms in total. The molecule has 0 unspecified atom stereocenters. The molecule has 1 saturated heterocycles. The molecule has 136 valence electrons. The molecule has 0 radical (unpaired) electrons. The third-order valence-electron chi connectivity index (χ3n) is 4.89. The summed E-state index contributed by atoms with van der Waals surface area (Å²) in [6, 6.07) is 0. The number of aryl methyl sites for hydroxylation is 3. The second-order valence-electron chi connectivity index (χ2n) is 6.70. The maximum Gasteiger partial charge on any atom is 0.222 e. The summed E-state index contributed by atoms with van der Waals surface area (Å²) in [6.45, 7) is 7.56. The Balaban J connectivity index is 1.65. The molecule has 1 aliphatic rings. The highest BCUT2D eigenvalue weighted by atomic mass is 16.5. The smallest absolute Gasteiger partial charge is 0.222 e. The van der Waals surface area contributed by atoms with Gasteiger partial charge >= 0.3 is 0 Å². The third kappa shape index (κ3) is 3.73. The van der Waals surface area contributed by atoms with Gasteiger partial charge in [0.15, 0.2) is 5.82 Å². The number of aromatic amines is 1. The number of likely N-dealkylation sites (tertiary alicyclic amines) is 1. The number of carbonyl (C=O) groups is 1. The van der Waals surface area contributed by atoms with E-state index in [2.05, 4.69) is 20.3 Å². The number of H-pyrrole nitrogens is 1. The summed E-state index contributed by atoms with van der Waals surface area (Å²) < 4.78 is 10.5. The van der Waals surface area contributed by atoms with Crippen LogP contribution in [0.3, 0.4) is 0 Å². The lowest BCUT2D eigenvalue weighted by atomic mass is 9.96. The molecule has 2 aromatic heterocycles. The van der Waals surface area contributed by atoms with E-state index in [4.69, 9.17) is 9.26 Å². The topological polar surface area (TPSA) is 97.1 Å². The van der Waals surface area contributed by atoms with Crippen molar-refractivity contribution in [2.24, 2.45) is 5.92 Å². The van der Waals surface area contributed by atoms with Gasteiger partial charge in [0, 0.05) is 44.0 Å². The van der Waals surface area contributed by atoms with Gasteiger partial charge in [0.1, 0.15) is 11.6 Å². The Kier molecular flexibility index (Phi) is 5.17. The summed E-state index contributed by atoms with van der Waals surface area (Å²) in [6.07, 6.45) is 1.10. The fraction of sp³-hybridized carbons (Fsp3) is 0.647. The minimum absolute atomic E-state index is 0.105. The first-order chi connectivity index (χ1) is 12.0. The van der Waals surface area contributed by atoms with Gasteiger partial charge < -0.3 is 14.2 Å². The molecule has 0 aliphatic carbocycles. The summed E-state index contributed by atoms with van der Waals surface area (Å²) in [5.74, 6) is 2.79. The zero-order valence-electron chi connectivity index (χ0n) is 15.2. The molecular weight excluding hydrogens is 322 g/mol. The molecule has 0 bridgehead atoms. The normalized spacial score (nSPS) is 20.4. The Labute approximate surface area is 146 Å². The fourth-order valence-corrected chi connectivity index (χ4v) is 3.53. The lowest BCUT2D eigenvalue weighted by Crippen LogP contribution is -2.29. The Morgan fingerprint density at radius 2 is 2.16 bits per heavy atom. The summed E-state index contributed by atoms with van der Waals surface area (Å²) in [5.41, 5.74) is 1.89. The molecule has 1 N–H and O–H groups in total. The van der Waals surface area contributed by atoms with E-state index in [0.29, 0.717) is 32.5 Å². The number of rotatable bonds is 6. The summed E-state index contributed by atoms with van der Waals surface area (Å²) in [5, 5.41) is 11.1. The molecule has 3 rings (SSSR count). The van der Waals surface area contributed by atoms with Crippen molar-refractivity contribution in [1.29, 1.82) is 0 Å². The highest BCUT2D eigenvalue weighted by Crippen LogP contribution is 2.31. The SMILES string of the molecule is COC[C@@H]1CN(C(=O)CCc2c(C)noc2C)C[C@H]1c1n[nH]c(C)n1. The molecule has 3 heterocycles. The first-order valence-electron chi connectivity index (χ1n) is 8.57. The zero-order chi connectivity index (χ0) is 18.0. The number of ether oxygens (including phenoxy) is 1. The van der Waals surface area contributed by atoms with Crippen LogP contribution < -0.4 is 0 Å². The van der Waals surface area contributed by atoms with Crippen LogP contribution in [-0.2, 0) is 16.0 Å². The lowest BCUT2D eigenvalue weighted by molar-refractivity contribution is -0.130. The Morgan fingerprint density at radius 1 is 1.36 bits per heavy atom. The number of nitrogens with one attached hydrogen (secondary N) is 1. The van der Waals surface area contributed by atoms with E-state index in [1.807, 2.05) is 25.7 Å². The second-order valence-corrected chi connectivity index (χ2v) is 6.70. The molecule has 0 spiro atoms. The fourth-order valence-electron chi connectivity index (χ4n) is 3.53. The van der Waals surface area contributed by atoms with Crippen LogP contribution in [0, 0.1) is 26.7 Å². The van der Waals surface area contributed by atoms with Crippen molar-refractivity contribution < 1.29 is 14.1 Å². The van der Waals surface area contributed by atoms with E-state index in [0.717, 1.165) is 28.7 Å². The predicted molar refractivity (Wildman–Crippen MR) is 90.1 cm³/mol. The molecule has 25 heavy (non-hydrogen) atoms. The van der Waals surface area contributed by atoms with Crippen molar-refractivity contribution in [2.75, 3.05) is 26.8 Å². The second kappa shape index (κ2) is 7.35. The number of aromatic nitrogens is 4. The molecule has 2 aromatic rings. The van der Waals surface area contributed by atoms with E-state index in [9.17, 15) is 4.79 Å². The monoisotopic (exact) mass is 347 g/mol. The number of amides is 1. The molecule has 2 atom stereocenters. The van der Waals surface area contributed by atoms with Crippen LogP contribution in [0.4, 0.5) is 0 Å². The lowest BCUT2D eigenvalue weighted by Gasteiger charge is -2.16. The van der Waals surface area contributed by atoms with Crippen molar-refractivity contribution in [1.82, 2.24) is 25.2 Å². The minimum Gasteiger partial charge on any atom is -0.384 e. The molecular formula is C17H25N5O3. The Hall–Kier alpha value is -2.22. The van der Waals surface area contributed by atoms with Gasteiger partial charge in [-0.25, -0.2) is 4.98 Å². The van der Waals surface area contributed by atoms with Crippen molar-refractivity contribution in [3.63, 3.8) is 0 Å². The van der Waals surface area contributed by atoms with Crippen LogP contribution >= 0.6 is 0 Å². The molecule has 0 saturated carbocycles. The van der Waals surface area contributed by atoms with Crippen LogP contribution in [0.25, 0.3) is 0 Å². The number of hydrogen-bond acceptors (Lipinski definition) is 6. The van der Waals surface area contributed by atoms with Crippen LogP contribution in [0.2, 0.25) is 0 Å². The molecule has 1 amide bonds. The number of carbonyl (C=O) groups excluding carboxylic acids is 1. The van der Waals surface area contributed by atoms with Gasteiger partial charge in [-0.2, -0.15) is 5.10 Å². The van der Waals surface area contributed by atoms with Crippen LogP contribution in [-0.4, -0.2) is 58.0 Å².